The summed E-state index contributed by atoms with van der Waals surface area (Å²) < 4.78 is 9.56. The molecular weight excluding hydrogens is 264 g/mol. The van der Waals surface area contributed by atoms with Crippen LogP contribution in [0.5, 0.6) is 0 Å². The summed E-state index contributed by atoms with van der Waals surface area (Å²) >= 11 is 3.08. The van der Waals surface area contributed by atoms with E-state index < -0.39 is 0 Å². The largest absolute Gasteiger partial charge is 0.465 e. The van der Waals surface area contributed by atoms with E-state index in [2.05, 4.69) is 22.5 Å². The lowest BCUT2D eigenvalue weighted by atomic mass is 10.3. The van der Waals surface area contributed by atoms with Crippen LogP contribution in [0.2, 0.25) is 0 Å². The van der Waals surface area contributed by atoms with Gasteiger partial charge in [0.15, 0.2) is 0 Å². The summed E-state index contributed by atoms with van der Waals surface area (Å²) in [6, 6.07) is 0. The van der Waals surface area contributed by atoms with E-state index in [4.69, 9.17) is 9.47 Å². The van der Waals surface area contributed by atoms with Gasteiger partial charge in [-0.15, -0.1) is 0 Å². The molecule has 0 aromatic carbocycles. The van der Waals surface area contributed by atoms with E-state index in [0.29, 0.717) is 12.2 Å². The molecule has 1 atom stereocenters. The average molecular weight is 279 g/mol. The minimum Gasteiger partial charge on any atom is -0.465 e. The van der Waals surface area contributed by atoms with E-state index >= 15 is 0 Å². The van der Waals surface area contributed by atoms with Gasteiger partial charge in [-0.1, -0.05) is 22.5 Å². The fourth-order valence-corrected chi connectivity index (χ4v) is 0.882. The summed E-state index contributed by atoms with van der Waals surface area (Å²) in [7, 11) is 0. The van der Waals surface area contributed by atoms with Gasteiger partial charge >= 0.3 is 11.9 Å². The Labute approximate surface area is 97.8 Å². The molecule has 0 aliphatic carbocycles. The van der Waals surface area contributed by atoms with Crippen molar-refractivity contribution in [3.63, 3.8) is 0 Å². The predicted octanol–water partition coefficient (Wildman–Crippen LogP) is 2.17. The molecule has 0 rings (SSSR count). The lowest BCUT2D eigenvalue weighted by Gasteiger charge is -2.06. The van der Waals surface area contributed by atoms with Gasteiger partial charge in [0, 0.05) is 6.42 Å². The number of rotatable bonds is 6. The number of halogens is 1. The first-order chi connectivity index (χ1) is 6.93. The average Bonchev–Trinajstić information content (AvgIpc) is 2.10. The van der Waals surface area contributed by atoms with Crippen LogP contribution in [0.15, 0.2) is 12.3 Å². The van der Waals surface area contributed by atoms with Crippen LogP contribution in [-0.2, 0) is 19.1 Å². The SMILES string of the molecule is C=C(C)OC(=O)CCCOC(=O)C(C)Br. The van der Waals surface area contributed by atoms with Gasteiger partial charge in [-0.2, -0.15) is 0 Å². The lowest BCUT2D eigenvalue weighted by molar-refractivity contribution is -0.145. The summed E-state index contributed by atoms with van der Waals surface area (Å²) in [6.45, 7) is 6.94. The van der Waals surface area contributed by atoms with Gasteiger partial charge in [0.2, 0.25) is 0 Å². The molecule has 0 fully saturated rings. The number of carbonyl (C=O) groups is 2. The molecule has 0 radical (unpaired) electrons. The molecule has 0 saturated carbocycles. The van der Waals surface area contributed by atoms with Gasteiger partial charge in [-0.25, -0.2) is 0 Å². The standard InChI is InChI=1S/C10H15BrO4/c1-7(2)15-9(12)5-4-6-14-10(13)8(3)11/h8H,1,4-6H2,2-3H3. The van der Waals surface area contributed by atoms with Crippen LogP contribution in [0.1, 0.15) is 26.7 Å². The molecule has 0 aliphatic heterocycles. The van der Waals surface area contributed by atoms with Crippen LogP contribution in [0.4, 0.5) is 0 Å². The van der Waals surface area contributed by atoms with E-state index in [0.717, 1.165) is 0 Å². The molecule has 0 spiro atoms. The van der Waals surface area contributed by atoms with Crippen LogP contribution >= 0.6 is 15.9 Å². The highest BCUT2D eigenvalue weighted by Gasteiger charge is 2.10. The topological polar surface area (TPSA) is 52.6 Å². The Balaban J connectivity index is 3.50. The Morgan fingerprint density at radius 3 is 2.53 bits per heavy atom. The van der Waals surface area contributed by atoms with E-state index in [1.165, 1.54) is 0 Å². The molecule has 0 bridgehead atoms. The highest BCUT2D eigenvalue weighted by atomic mass is 79.9. The maximum atomic E-state index is 11.0. The van der Waals surface area contributed by atoms with Gasteiger partial charge < -0.3 is 9.47 Å². The van der Waals surface area contributed by atoms with Crippen LogP contribution in [0.3, 0.4) is 0 Å². The van der Waals surface area contributed by atoms with E-state index in [1.807, 2.05) is 0 Å². The van der Waals surface area contributed by atoms with Crippen molar-refractivity contribution < 1.29 is 19.1 Å². The van der Waals surface area contributed by atoms with Gasteiger partial charge in [0.05, 0.1) is 12.4 Å². The zero-order valence-corrected chi connectivity index (χ0v) is 10.5. The Morgan fingerprint density at radius 2 is 2.07 bits per heavy atom. The second-order valence-corrected chi connectivity index (χ2v) is 4.44. The Morgan fingerprint density at radius 1 is 1.47 bits per heavy atom. The molecule has 0 aromatic heterocycles. The summed E-state index contributed by atoms with van der Waals surface area (Å²) in [4.78, 5) is 21.6. The van der Waals surface area contributed by atoms with Gasteiger partial charge in [-0.3, -0.25) is 9.59 Å². The number of hydrogen-bond donors (Lipinski definition) is 0. The van der Waals surface area contributed by atoms with Crippen molar-refractivity contribution in [1.29, 1.82) is 0 Å². The van der Waals surface area contributed by atoms with Gasteiger partial charge in [0.1, 0.15) is 4.83 Å². The third kappa shape index (κ3) is 8.17. The first-order valence-corrected chi connectivity index (χ1v) is 5.52. The molecule has 4 nitrogen and oxygen atoms in total. The van der Waals surface area contributed by atoms with Crippen LogP contribution in [-0.4, -0.2) is 23.4 Å². The third-order valence-electron chi connectivity index (χ3n) is 1.38. The van der Waals surface area contributed by atoms with Crippen molar-refractivity contribution in [2.24, 2.45) is 0 Å². The first kappa shape index (κ1) is 14.2. The number of hydrogen-bond acceptors (Lipinski definition) is 4. The van der Waals surface area contributed by atoms with Crippen LogP contribution < -0.4 is 0 Å². The van der Waals surface area contributed by atoms with Crippen molar-refractivity contribution in [3.8, 4) is 0 Å². The number of alkyl halides is 1. The Bertz CT molecular complexity index is 248. The zero-order valence-electron chi connectivity index (χ0n) is 8.92. The highest BCUT2D eigenvalue weighted by molar-refractivity contribution is 9.10. The molecule has 86 valence electrons. The number of carbonyl (C=O) groups excluding carboxylic acids is 2. The number of ether oxygens (including phenoxy) is 2. The minimum absolute atomic E-state index is 0.219. The molecule has 0 aliphatic rings. The first-order valence-electron chi connectivity index (χ1n) is 4.60. The van der Waals surface area contributed by atoms with Crippen LogP contribution in [0, 0.1) is 0 Å². The molecule has 0 amide bonds. The lowest BCUT2D eigenvalue weighted by Crippen LogP contribution is -2.15. The molecule has 15 heavy (non-hydrogen) atoms. The molecule has 0 aromatic rings. The maximum absolute atomic E-state index is 11.0. The smallest absolute Gasteiger partial charge is 0.319 e. The van der Waals surface area contributed by atoms with Crippen molar-refractivity contribution in [1.82, 2.24) is 0 Å². The van der Waals surface area contributed by atoms with Gasteiger partial charge in [-0.05, 0) is 20.3 Å². The zero-order chi connectivity index (χ0) is 11.8. The fourth-order valence-electron chi connectivity index (χ4n) is 0.749. The van der Waals surface area contributed by atoms with E-state index in [-0.39, 0.29) is 29.8 Å². The monoisotopic (exact) mass is 278 g/mol. The van der Waals surface area contributed by atoms with Crippen LogP contribution in [0.25, 0.3) is 0 Å². The molecular formula is C10H15BrO4. The molecule has 0 N–H and O–H groups in total. The van der Waals surface area contributed by atoms with Crippen molar-refractivity contribution in [2.45, 2.75) is 31.5 Å². The summed E-state index contributed by atoms with van der Waals surface area (Å²) in [5.41, 5.74) is 0. The summed E-state index contributed by atoms with van der Waals surface area (Å²) in [5, 5.41) is 0. The summed E-state index contributed by atoms with van der Waals surface area (Å²) in [5.74, 6) is -0.320. The normalized spacial score (nSPS) is 11.7. The number of esters is 2. The predicted molar refractivity (Wildman–Crippen MR) is 59.5 cm³/mol. The third-order valence-corrected chi connectivity index (χ3v) is 1.76. The van der Waals surface area contributed by atoms with E-state index in [9.17, 15) is 9.59 Å². The van der Waals surface area contributed by atoms with Crippen molar-refractivity contribution in [3.05, 3.63) is 12.3 Å². The Hall–Kier alpha value is -0.840. The second-order valence-electron chi connectivity index (χ2n) is 3.06. The summed E-state index contributed by atoms with van der Waals surface area (Å²) in [6.07, 6.45) is 0.675. The minimum atomic E-state index is -0.356. The van der Waals surface area contributed by atoms with Crippen molar-refractivity contribution >= 4 is 27.9 Å². The number of allylic oxidation sites excluding steroid dienone is 1. The fraction of sp³-hybridized carbons (Fsp3) is 0.600. The van der Waals surface area contributed by atoms with E-state index in [1.54, 1.807) is 13.8 Å². The highest BCUT2D eigenvalue weighted by Crippen LogP contribution is 2.02. The quantitative estimate of drug-likeness (QED) is 0.323. The van der Waals surface area contributed by atoms with Gasteiger partial charge in [0.25, 0.3) is 0 Å². The molecule has 5 heteroatoms. The molecule has 1 unspecified atom stereocenters. The molecule has 0 saturated heterocycles. The maximum Gasteiger partial charge on any atom is 0.319 e. The molecule has 0 heterocycles. The Kier molecular flexibility index (Phi) is 7.03. The second kappa shape index (κ2) is 7.45. The van der Waals surface area contributed by atoms with Crippen molar-refractivity contribution in [2.75, 3.05) is 6.61 Å².